The average Bonchev–Trinajstić information content (AvgIpc) is 3.08. The molecule has 0 N–H and O–H groups in total. The largest absolute Gasteiger partial charge is 0.450 e. The van der Waals surface area contributed by atoms with Crippen LogP contribution in [0, 0.1) is 26.0 Å². The molecule has 1 saturated heterocycles. The van der Waals surface area contributed by atoms with Crippen LogP contribution in [0.5, 0.6) is 11.5 Å². The van der Waals surface area contributed by atoms with E-state index in [9.17, 15) is 34.2 Å². The summed E-state index contributed by atoms with van der Waals surface area (Å²) in [6.45, 7) is -0.131. The normalized spacial score (nSPS) is 14.4. The summed E-state index contributed by atoms with van der Waals surface area (Å²) in [5.41, 5.74) is -0.181. The van der Waals surface area contributed by atoms with Crippen LogP contribution in [0.25, 0.3) is 6.08 Å². The van der Waals surface area contributed by atoms with Gasteiger partial charge in [0.2, 0.25) is 5.75 Å². The summed E-state index contributed by atoms with van der Waals surface area (Å²) in [6.07, 6.45) is 1.45. The van der Waals surface area contributed by atoms with Crippen LogP contribution in [-0.4, -0.2) is 25.9 Å². The first-order valence-electron chi connectivity index (χ1n) is 10.0. The van der Waals surface area contributed by atoms with Gasteiger partial charge in [-0.25, -0.2) is 4.39 Å². The van der Waals surface area contributed by atoms with Gasteiger partial charge in [-0.3, -0.25) is 34.7 Å². The first-order valence-corrected chi connectivity index (χ1v) is 11.2. The van der Waals surface area contributed by atoms with Crippen molar-refractivity contribution in [2.24, 2.45) is 0 Å². The van der Waals surface area contributed by atoms with E-state index >= 15 is 0 Å². The zero-order chi connectivity index (χ0) is 26.0. The van der Waals surface area contributed by atoms with Gasteiger partial charge in [0.15, 0.2) is 0 Å². The van der Waals surface area contributed by atoms with E-state index < -0.39 is 38.2 Å². The van der Waals surface area contributed by atoms with Crippen molar-refractivity contribution in [1.82, 2.24) is 4.90 Å². The maximum Gasteiger partial charge on any atom is 0.318 e. The molecule has 0 saturated carbocycles. The standard InChI is InChI=1S/C23H13ClFN3O7S/c24-18-10-15(25)5-4-14(18)12-26-22(29)21(36-23(26)30)9-13-2-1-3-17(8-13)35-20-7-6-16(27(31)32)11-19(20)28(33)34/h1-11H,12H2/b21-9+. The van der Waals surface area contributed by atoms with E-state index in [-0.39, 0.29) is 28.0 Å². The van der Waals surface area contributed by atoms with Crippen molar-refractivity contribution in [3.05, 3.63) is 108 Å². The highest BCUT2D eigenvalue weighted by atomic mass is 35.5. The Morgan fingerprint density at radius 3 is 2.50 bits per heavy atom. The van der Waals surface area contributed by atoms with Crippen molar-refractivity contribution >= 4 is 52.0 Å². The molecule has 0 aliphatic carbocycles. The molecule has 0 radical (unpaired) electrons. The minimum atomic E-state index is -0.796. The zero-order valence-electron chi connectivity index (χ0n) is 17.9. The number of amides is 2. The molecule has 3 aromatic carbocycles. The lowest BCUT2D eigenvalue weighted by Gasteiger charge is -2.13. The van der Waals surface area contributed by atoms with E-state index in [1.54, 1.807) is 12.1 Å². The molecule has 3 aromatic rings. The Balaban J connectivity index is 1.55. The van der Waals surface area contributed by atoms with E-state index in [4.69, 9.17) is 16.3 Å². The van der Waals surface area contributed by atoms with Gasteiger partial charge in [-0.2, -0.15) is 0 Å². The Kier molecular flexibility index (Phi) is 6.99. The van der Waals surface area contributed by atoms with Gasteiger partial charge in [-0.05, 0) is 59.3 Å². The number of nitro benzene ring substituents is 2. The zero-order valence-corrected chi connectivity index (χ0v) is 19.5. The van der Waals surface area contributed by atoms with Crippen molar-refractivity contribution in [3.8, 4) is 11.5 Å². The van der Waals surface area contributed by atoms with Crippen LogP contribution in [0.15, 0.2) is 65.6 Å². The van der Waals surface area contributed by atoms with Crippen LogP contribution in [0.1, 0.15) is 11.1 Å². The highest BCUT2D eigenvalue weighted by Crippen LogP contribution is 2.37. The Morgan fingerprint density at radius 2 is 1.81 bits per heavy atom. The molecular weight excluding hydrogens is 517 g/mol. The Bertz CT molecular complexity index is 1460. The van der Waals surface area contributed by atoms with E-state index in [2.05, 4.69) is 0 Å². The topological polar surface area (TPSA) is 133 Å². The quantitative estimate of drug-likeness (QED) is 0.197. The highest BCUT2D eigenvalue weighted by Gasteiger charge is 2.35. The summed E-state index contributed by atoms with van der Waals surface area (Å²) < 4.78 is 18.9. The van der Waals surface area contributed by atoms with Gasteiger partial charge in [0.05, 0.1) is 27.4 Å². The van der Waals surface area contributed by atoms with Crippen LogP contribution in [0.4, 0.5) is 20.6 Å². The number of thioether (sulfide) groups is 1. The molecule has 13 heteroatoms. The van der Waals surface area contributed by atoms with Gasteiger partial charge < -0.3 is 4.74 Å². The lowest BCUT2D eigenvalue weighted by atomic mass is 10.2. The Morgan fingerprint density at radius 1 is 1.03 bits per heavy atom. The van der Waals surface area contributed by atoms with Gasteiger partial charge in [-0.15, -0.1) is 0 Å². The second kappa shape index (κ2) is 10.1. The number of carbonyl (C=O) groups excluding carboxylic acids is 2. The van der Waals surface area contributed by atoms with Crippen LogP contribution in [0.2, 0.25) is 5.02 Å². The smallest absolute Gasteiger partial charge is 0.318 e. The third-order valence-electron chi connectivity index (χ3n) is 4.95. The maximum absolute atomic E-state index is 13.3. The number of rotatable bonds is 7. The van der Waals surface area contributed by atoms with E-state index in [1.807, 2.05) is 0 Å². The van der Waals surface area contributed by atoms with Gasteiger partial charge in [0.25, 0.3) is 16.8 Å². The second-order valence-electron chi connectivity index (χ2n) is 7.34. The molecule has 36 heavy (non-hydrogen) atoms. The van der Waals surface area contributed by atoms with E-state index in [1.165, 1.54) is 30.3 Å². The minimum absolute atomic E-state index is 0.0863. The number of ether oxygens (including phenoxy) is 1. The Labute approximate surface area is 211 Å². The fourth-order valence-corrected chi connectivity index (χ4v) is 4.32. The van der Waals surface area contributed by atoms with E-state index in [0.717, 1.165) is 29.2 Å². The molecular formula is C23H13ClFN3O7S. The molecule has 1 aliphatic heterocycles. The molecule has 2 amide bonds. The predicted molar refractivity (Wildman–Crippen MR) is 129 cm³/mol. The van der Waals surface area contributed by atoms with Crippen molar-refractivity contribution < 1.29 is 28.6 Å². The second-order valence-corrected chi connectivity index (χ2v) is 8.74. The summed E-state index contributed by atoms with van der Waals surface area (Å²) in [7, 11) is 0. The highest BCUT2D eigenvalue weighted by molar-refractivity contribution is 8.18. The third-order valence-corrected chi connectivity index (χ3v) is 6.21. The molecule has 0 unspecified atom stereocenters. The van der Waals surface area contributed by atoms with Crippen LogP contribution in [0.3, 0.4) is 0 Å². The number of halogens is 2. The predicted octanol–water partition coefficient (Wildman–Crippen LogP) is 6.32. The number of hydrogen-bond acceptors (Lipinski definition) is 8. The van der Waals surface area contributed by atoms with Crippen LogP contribution in [-0.2, 0) is 11.3 Å². The first kappa shape index (κ1) is 24.8. The minimum Gasteiger partial charge on any atom is -0.450 e. The molecule has 1 aliphatic rings. The number of non-ortho nitro benzene ring substituents is 1. The summed E-state index contributed by atoms with van der Waals surface area (Å²) >= 11 is 6.72. The number of benzene rings is 3. The lowest BCUT2D eigenvalue weighted by Crippen LogP contribution is -2.27. The summed E-state index contributed by atoms with van der Waals surface area (Å²) in [4.78, 5) is 47.1. The molecule has 0 atom stereocenters. The van der Waals surface area contributed by atoms with Gasteiger partial charge in [0, 0.05) is 11.1 Å². The SMILES string of the molecule is O=C1S/C(=C/c2cccc(Oc3ccc([N+](=O)[O-])cc3[N+](=O)[O-])c2)C(=O)N1Cc1ccc(F)cc1Cl. The molecule has 0 bridgehead atoms. The van der Waals surface area contributed by atoms with Crippen molar-refractivity contribution in [1.29, 1.82) is 0 Å². The van der Waals surface area contributed by atoms with Crippen LogP contribution >= 0.6 is 23.4 Å². The number of imide groups is 1. The van der Waals surface area contributed by atoms with E-state index in [0.29, 0.717) is 22.9 Å². The van der Waals surface area contributed by atoms with Crippen molar-refractivity contribution in [3.63, 3.8) is 0 Å². The monoisotopic (exact) mass is 529 g/mol. The third kappa shape index (κ3) is 5.34. The summed E-state index contributed by atoms with van der Waals surface area (Å²) in [5.74, 6) is -1.15. The molecule has 1 fully saturated rings. The molecule has 10 nitrogen and oxygen atoms in total. The van der Waals surface area contributed by atoms with Gasteiger partial charge in [0.1, 0.15) is 11.6 Å². The van der Waals surface area contributed by atoms with Crippen molar-refractivity contribution in [2.75, 3.05) is 0 Å². The van der Waals surface area contributed by atoms with Crippen LogP contribution < -0.4 is 4.74 Å². The fourth-order valence-electron chi connectivity index (χ4n) is 3.25. The molecule has 0 aromatic heterocycles. The average molecular weight is 530 g/mol. The van der Waals surface area contributed by atoms with Crippen molar-refractivity contribution in [2.45, 2.75) is 6.54 Å². The maximum atomic E-state index is 13.3. The lowest BCUT2D eigenvalue weighted by molar-refractivity contribution is -0.394. The molecule has 1 heterocycles. The number of nitro groups is 2. The van der Waals surface area contributed by atoms with Gasteiger partial charge >= 0.3 is 5.69 Å². The molecule has 0 spiro atoms. The molecule has 4 rings (SSSR count). The number of nitrogens with zero attached hydrogens (tertiary/aromatic N) is 3. The molecule has 182 valence electrons. The first-order chi connectivity index (χ1) is 17.1. The fraction of sp³-hybridized carbons (Fsp3) is 0.0435. The number of hydrogen-bond donors (Lipinski definition) is 0. The summed E-state index contributed by atoms with van der Waals surface area (Å²) in [5, 5.41) is 21.8. The summed E-state index contributed by atoms with van der Waals surface area (Å²) in [6, 6.07) is 12.8. The number of carbonyl (C=O) groups is 2. The Hall–Kier alpha value is -4.29. The van der Waals surface area contributed by atoms with Gasteiger partial charge in [-0.1, -0.05) is 29.8 Å².